The number of nitrogens with zero attached hydrogens (tertiary/aromatic N) is 1. The Morgan fingerprint density at radius 3 is 2.48 bits per heavy atom. The average molecular weight is 429 g/mol. The first-order valence-corrected chi connectivity index (χ1v) is 9.45. The molecule has 3 rings (SSSR count). The molecule has 29 heavy (non-hydrogen) atoms. The van der Waals surface area contributed by atoms with Gasteiger partial charge in [-0.15, -0.1) is 0 Å². The number of nitrogens with one attached hydrogen (secondary N) is 1. The van der Waals surface area contributed by atoms with E-state index < -0.39 is 0 Å². The largest absolute Gasteiger partial charge is 0.493 e. The van der Waals surface area contributed by atoms with E-state index in [2.05, 4.69) is 10.5 Å². The fraction of sp³-hybridized carbons (Fsp3) is 0.0909. The predicted octanol–water partition coefficient (Wildman–Crippen LogP) is 5.34. The first-order chi connectivity index (χ1) is 14.0. The maximum atomic E-state index is 12.1. The number of hydrogen-bond acceptors (Lipinski definition) is 4. The molecule has 3 aromatic rings. The number of carbonyl (C=O) groups excluding carboxylic acids is 1. The summed E-state index contributed by atoms with van der Waals surface area (Å²) in [7, 11) is 1.56. The van der Waals surface area contributed by atoms with Crippen molar-refractivity contribution in [2.75, 3.05) is 7.11 Å². The van der Waals surface area contributed by atoms with Crippen molar-refractivity contribution in [2.24, 2.45) is 5.10 Å². The zero-order valence-corrected chi connectivity index (χ0v) is 17.1. The summed E-state index contributed by atoms with van der Waals surface area (Å²) in [6.45, 7) is 0.361. The standard InChI is InChI=1S/C22H18Cl2N2O3/c1-28-21-11-15(13-25-26-22(27)17-5-3-7-19(24)12-17)8-9-20(21)29-14-16-4-2-6-18(23)10-16/h2-13H,14H2,1H3,(H,26,27)/b25-13-. The van der Waals surface area contributed by atoms with Crippen molar-refractivity contribution in [3.8, 4) is 11.5 Å². The number of benzene rings is 3. The van der Waals surface area contributed by atoms with Crippen molar-refractivity contribution in [3.63, 3.8) is 0 Å². The molecule has 0 heterocycles. The van der Waals surface area contributed by atoms with E-state index in [4.69, 9.17) is 32.7 Å². The van der Waals surface area contributed by atoms with Gasteiger partial charge in [0.05, 0.1) is 13.3 Å². The molecule has 1 N–H and O–H groups in total. The molecule has 0 aliphatic carbocycles. The highest BCUT2D eigenvalue weighted by atomic mass is 35.5. The van der Waals surface area contributed by atoms with Crippen LogP contribution >= 0.6 is 23.2 Å². The van der Waals surface area contributed by atoms with Crippen LogP contribution in [-0.4, -0.2) is 19.2 Å². The highest BCUT2D eigenvalue weighted by Gasteiger charge is 2.07. The quantitative estimate of drug-likeness (QED) is 0.407. The number of carbonyl (C=O) groups is 1. The number of hydrazone groups is 1. The molecule has 5 nitrogen and oxygen atoms in total. The Morgan fingerprint density at radius 1 is 1.00 bits per heavy atom. The van der Waals surface area contributed by atoms with Gasteiger partial charge >= 0.3 is 0 Å². The molecule has 0 atom stereocenters. The van der Waals surface area contributed by atoms with Crippen LogP contribution in [0.3, 0.4) is 0 Å². The molecule has 0 aliphatic rings. The topological polar surface area (TPSA) is 59.9 Å². The highest BCUT2D eigenvalue weighted by Crippen LogP contribution is 2.28. The maximum absolute atomic E-state index is 12.1. The zero-order chi connectivity index (χ0) is 20.6. The smallest absolute Gasteiger partial charge is 0.271 e. The normalized spacial score (nSPS) is 10.7. The lowest BCUT2D eigenvalue weighted by atomic mass is 10.2. The first-order valence-electron chi connectivity index (χ1n) is 8.69. The highest BCUT2D eigenvalue weighted by molar-refractivity contribution is 6.31. The Labute approximate surface area is 178 Å². The number of halogens is 2. The monoisotopic (exact) mass is 428 g/mol. The number of ether oxygens (including phenoxy) is 2. The van der Waals surface area contributed by atoms with Gasteiger partial charge in [-0.25, -0.2) is 5.43 Å². The van der Waals surface area contributed by atoms with Crippen LogP contribution < -0.4 is 14.9 Å². The van der Waals surface area contributed by atoms with Crippen LogP contribution in [0.2, 0.25) is 10.0 Å². The lowest BCUT2D eigenvalue weighted by Gasteiger charge is -2.11. The van der Waals surface area contributed by atoms with Crippen LogP contribution in [0.1, 0.15) is 21.5 Å². The minimum Gasteiger partial charge on any atom is -0.493 e. The molecular weight excluding hydrogens is 411 g/mol. The summed E-state index contributed by atoms with van der Waals surface area (Å²) in [4.78, 5) is 12.1. The fourth-order valence-corrected chi connectivity index (χ4v) is 2.93. The summed E-state index contributed by atoms with van der Waals surface area (Å²) in [5.74, 6) is 0.793. The van der Waals surface area contributed by atoms with E-state index in [0.29, 0.717) is 33.7 Å². The molecule has 1 amide bonds. The van der Waals surface area contributed by atoms with E-state index in [9.17, 15) is 4.79 Å². The molecule has 0 radical (unpaired) electrons. The summed E-state index contributed by atoms with van der Waals surface area (Å²) in [5.41, 5.74) is 4.59. The lowest BCUT2D eigenvalue weighted by Crippen LogP contribution is -2.17. The summed E-state index contributed by atoms with van der Waals surface area (Å²) in [6, 6.07) is 19.4. The van der Waals surface area contributed by atoms with Crippen molar-refractivity contribution in [3.05, 3.63) is 93.5 Å². The molecule has 0 bridgehead atoms. The van der Waals surface area contributed by atoms with E-state index in [1.165, 1.54) is 6.21 Å². The molecule has 0 saturated heterocycles. The van der Waals surface area contributed by atoms with Crippen LogP contribution in [0.5, 0.6) is 11.5 Å². The minimum atomic E-state index is -0.350. The number of hydrogen-bond donors (Lipinski definition) is 1. The van der Waals surface area contributed by atoms with Gasteiger partial charge in [-0.2, -0.15) is 5.10 Å². The van der Waals surface area contributed by atoms with Gasteiger partial charge in [-0.05, 0) is 59.7 Å². The molecule has 0 unspecified atom stereocenters. The van der Waals surface area contributed by atoms with Gasteiger partial charge in [-0.3, -0.25) is 4.79 Å². The van der Waals surface area contributed by atoms with Gasteiger partial charge < -0.3 is 9.47 Å². The van der Waals surface area contributed by atoms with Crippen LogP contribution in [0.15, 0.2) is 71.8 Å². The second-order valence-corrected chi connectivity index (χ2v) is 6.91. The van der Waals surface area contributed by atoms with Crippen molar-refractivity contribution in [1.82, 2.24) is 5.43 Å². The van der Waals surface area contributed by atoms with Crippen molar-refractivity contribution >= 4 is 35.3 Å². The van der Waals surface area contributed by atoms with Crippen LogP contribution in [-0.2, 0) is 6.61 Å². The van der Waals surface area contributed by atoms with Crippen LogP contribution in [0.4, 0.5) is 0 Å². The summed E-state index contributed by atoms with van der Waals surface area (Å²) in [5, 5.41) is 5.12. The van der Waals surface area contributed by atoms with Crippen LogP contribution in [0, 0.1) is 0 Å². The second-order valence-electron chi connectivity index (χ2n) is 6.04. The van der Waals surface area contributed by atoms with E-state index in [1.807, 2.05) is 30.3 Å². The fourth-order valence-electron chi connectivity index (χ4n) is 2.53. The van der Waals surface area contributed by atoms with Gasteiger partial charge in [0.1, 0.15) is 6.61 Å². The number of methoxy groups -OCH3 is 1. The third kappa shape index (κ3) is 5.98. The van der Waals surface area contributed by atoms with Gasteiger partial charge in [0, 0.05) is 15.6 Å². The van der Waals surface area contributed by atoms with E-state index >= 15 is 0 Å². The van der Waals surface area contributed by atoms with Gasteiger partial charge in [0.15, 0.2) is 11.5 Å². The Morgan fingerprint density at radius 2 is 1.76 bits per heavy atom. The van der Waals surface area contributed by atoms with Gasteiger partial charge in [-0.1, -0.05) is 41.4 Å². The SMILES string of the molecule is COc1cc(/C=N\NC(=O)c2cccc(Cl)c2)ccc1OCc1cccc(Cl)c1. The molecule has 148 valence electrons. The van der Waals surface area contributed by atoms with Gasteiger partial charge in [0.25, 0.3) is 5.91 Å². The second kappa shape index (κ2) is 9.96. The summed E-state index contributed by atoms with van der Waals surface area (Å²) < 4.78 is 11.2. The third-order valence-electron chi connectivity index (χ3n) is 3.94. The van der Waals surface area contributed by atoms with Crippen molar-refractivity contribution in [1.29, 1.82) is 0 Å². The molecule has 0 spiro atoms. The molecule has 0 aliphatic heterocycles. The van der Waals surface area contributed by atoms with Crippen LogP contribution in [0.25, 0.3) is 0 Å². The summed E-state index contributed by atoms with van der Waals surface area (Å²) in [6.07, 6.45) is 1.52. The number of amides is 1. The zero-order valence-electron chi connectivity index (χ0n) is 15.6. The molecular formula is C22H18Cl2N2O3. The Bertz CT molecular complexity index is 1040. The van der Waals surface area contributed by atoms with E-state index in [0.717, 1.165) is 11.1 Å². The molecule has 0 saturated carbocycles. The minimum absolute atomic E-state index is 0.350. The Hall–Kier alpha value is -3.02. The van der Waals surface area contributed by atoms with Crippen molar-refractivity contribution < 1.29 is 14.3 Å². The van der Waals surface area contributed by atoms with E-state index in [-0.39, 0.29) is 5.91 Å². The maximum Gasteiger partial charge on any atom is 0.271 e. The molecule has 7 heteroatoms. The molecule has 0 fully saturated rings. The Kier molecular flexibility index (Phi) is 7.11. The Balaban J connectivity index is 1.63. The first kappa shape index (κ1) is 20.7. The van der Waals surface area contributed by atoms with Gasteiger partial charge in [0.2, 0.25) is 0 Å². The average Bonchev–Trinajstić information content (AvgIpc) is 2.72. The molecule has 3 aromatic carbocycles. The summed E-state index contributed by atoms with van der Waals surface area (Å²) >= 11 is 11.9. The molecule has 0 aromatic heterocycles. The predicted molar refractivity (Wildman–Crippen MR) is 115 cm³/mol. The number of rotatable bonds is 7. The third-order valence-corrected chi connectivity index (χ3v) is 4.41. The lowest BCUT2D eigenvalue weighted by molar-refractivity contribution is 0.0955. The van der Waals surface area contributed by atoms with Crippen molar-refractivity contribution in [2.45, 2.75) is 6.61 Å². The van der Waals surface area contributed by atoms with E-state index in [1.54, 1.807) is 43.5 Å².